The number of nitro benzene ring substituents is 1. The minimum absolute atomic E-state index is 0.0268. The quantitative estimate of drug-likeness (QED) is 0.563. The predicted molar refractivity (Wildman–Crippen MR) is 59.0 cm³/mol. The maximum atomic E-state index is 10.8. The average molecular weight is 207 g/mol. The lowest BCUT2D eigenvalue weighted by Crippen LogP contribution is -2.07. The molecule has 0 aromatic heterocycles. The Balaban J connectivity index is 3.14. The van der Waals surface area contributed by atoms with Crippen LogP contribution in [-0.2, 0) is 0 Å². The summed E-state index contributed by atoms with van der Waals surface area (Å²) in [4.78, 5) is 10.3. The molecule has 0 fully saturated rings. The molecule has 1 aromatic carbocycles. The summed E-state index contributed by atoms with van der Waals surface area (Å²) in [6.07, 6.45) is 1.48. The number of hydrogen-bond acceptors (Lipinski definition) is 3. The second-order valence-electron chi connectivity index (χ2n) is 3.36. The third kappa shape index (κ3) is 2.80. The van der Waals surface area contributed by atoms with Crippen LogP contribution in [0.2, 0.25) is 0 Å². The lowest BCUT2D eigenvalue weighted by Gasteiger charge is -2.09. The fourth-order valence-corrected chi connectivity index (χ4v) is 1.16. The smallest absolute Gasteiger partial charge is 0.311 e. The highest BCUT2D eigenvalue weighted by Gasteiger charge is 2.15. The lowest BCUT2D eigenvalue weighted by atomic mass is 10.2. The van der Waals surface area contributed by atoms with E-state index in [9.17, 15) is 10.1 Å². The zero-order valence-corrected chi connectivity index (χ0v) is 8.77. The number of benzene rings is 1. The molecule has 0 saturated heterocycles. The van der Waals surface area contributed by atoms with E-state index in [1.54, 1.807) is 18.2 Å². The van der Waals surface area contributed by atoms with Gasteiger partial charge in [0.05, 0.1) is 11.0 Å². The summed E-state index contributed by atoms with van der Waals surface area (Å²) in [5, 5.41) is 10.8. The van der Waals surface area contributed by atoms with E-state index in [1.807, 2.05) is 13.8 Å². The normalized spacial score (nSPS) is 10.1. The molecule has 4 heteroatoms. The molecule has 80 valence electrons. The van der Waals surface area contributed by atoms with E-state index >= 15 is 0 Å². The Morgan fingerprint density at radius 1 is 1.53 bits per heavy atom. The van der Waals surface area contributed by atoms with E-state index in [0.29, 0.717) is 11.3 Å². The predicted octanol–water partition coefficient (Wildman–Crippen LogP) is 3.03. The van der Waals surface area contributed by atoms with Crippen molar-refractivity contribution in [1.29, 1.82) is 0 Å². The minimum Gasteiger partial charge on any atom is -0.484 e. The second-order valence-corrected chi connectivity index (χ2v) is 3.36. The van der Waals surface area contributed by atoms with Crippen molar-refractivity contribution >= 4 is 11.8 Å². The Morgan fingerprint density at radius 2 is 2.20 bits per heavy atom. The van der Waals surface area contributed by atoms with Crippen molar-refractivity contribution in [1.82, 2.24) is 0 Å². The summed E-state index contributed by atoms with van der Waals surface area (Å²) < 4.78 is 5.33. The lowest BCUT2D eigenvalue weighted by molar-refractivity contribution is -0.386. The zero-order chi connectivity index (χ0) is 11.4. The largest absolute Gasteiger partial charge is 0.484 e. The maximum absolute atomic E-state index is 10.8. The van der Waals surface area contributed by atoms with Gasteiger partial charge in [-0.25, -0.2) is 0 Å². The molecule has 0 bridgehead atoms. The fraction of sp³-hybridized carbons (Fsp3) is 0.273. The van der Waals surface area contributed by atoms with Crippen molar-refractivity contribution in [2.75, 3.05) is 0 Å². The fourth-order valence-electron chi connectivity index (χ4n) is 1.16. The van der Waals surface area contributed by atoms with Gasteiger partial charge in [-0.05, 0) is 25.5 Å². The second kappa shape index (κ2) is 4.59. The summed E-state index contributed by atoms with van der Waals surface area (Å²) in [6, 6.07) is 4.78. The van der Waals surface area contributed by atoms with Gasteiger partial charge in [-0.15, -0.1) is 0 Å². The van der Waals surface area contributed by atoms with E-state index in [2.05, 4.69) is 6.58 Å². The SMILES string of the molecule is C=Cc1ccc(OC(C)C)c([N+](=O)[O-])c1. The first kappa shape index (κ1) is 11.2. The van der Waals surface area contributed by atoms with Gasteiger partial charge in [0.15, 0.2) is 5.75 Å². The Labute approximate surface area is 88.3 Å². The van der Waals surface area contributed by atoms with Gasteiger partial charge in [-0.3, -0.25) is 10.1 Å². The molecule has 0 N–H and O–H groups in total. The topological polar surface area (TPSA) is 52.4 Å². The molecule has 0 amide bonds. The Bertz CT molecular complexity index is 385. The summed E-state index contributed by atoms with van der Waals surface area (Å²) in [6.45, 7) is 7.21. The molecule has 0 saturated carbocycles. The summed E-state index contributed by atoms with van der Waals surface area (Å²) in [5.74, 6) is 0.292. The van der Waals surface area contributed by atoms with Crippen molar-refractivity contribution in [2.45, 2.75) is 20.0 Å². The maximum Gasteiger partial charge on any atom is 0.311 e. The number of rotatable bonds is 4. The van der Waals surface area contributed by atoms with Crippen LogP contribution in [0, 0.1) is 10.1 Å². The highest BCUT2D eigenvalue weighted by molar-refractivity contribution is 5.57. The molecular weight excluding hydrogens is 194 g/mol. The molecular formula is C11H13NO3. The highest BCUT2D eigenvalue weighted by Crippen LogP contribution is 2.29. The number of hydrogen-bond donors (Lipinski definition) is 0. The van der Waals surface area contributed by atoms with Crippen molar-refractivity contribution in [3.8, 4) is 5.75 Å². The highest BCUT2D eigenvalue weighted by atomic mass is 16.6. The molecule has 1 aromatic rings. The Morgan fingerprint density at radius 3 is 2.67 bits per heavy atom. The first-order valence-corrected chi connectivity index (χ1v) is 4.62. The van der Waals surface area contributed by atoms with Crippen LogP contribution in [0.5, 0.6) is 5.75 Å². The number of nitro groups is 1. The van der Waals surface area contributed by atoms with Crippen LogP contribution in [0.3, 0.4) is 0 Å². The molecule has 1 rings (SSSR count). The molecule has 0 aliphatic rings. The van der Waals surface area contributed by atoms with Gasteiger partial charge in [0.1, 0.15) is 0 Å². The van der Waals surface area contributed by atoms with Crippen LogP contribution in [0.4, 0.5) is 5.69 Å². The van der Waals surface area contributed by atoms with E-state index in [4.69, 9.17) is 4.74 Å². The van der Waals surface area contributed by atoms with Gasteiger partial charge >= 0.3 is 5.69 Å². The van der Waals surface area contributed by atoms with Gasteiger partial charge in [-0.2, -0.15) is 0 Å². The molecule has 15 heavy (non-hydrogen) atoms. The Kier molecular flexibility index (Phi) is 3.44. The number of nitrogens with zero attached hydrogens (tertiary/aromatic N) is 1. The van der Waals surface area contributed by atoms with Crippen LogP contribution >= 0.6 is 0 Å². The van der Waals surface area contributed by atoms with Gasteiger partial charge < -0.3 is 4.74 Å². The van der Waals surface area contributed by atoms with Gasteiger partial charge in [0.25, 0.3) is 0 Å². The molecule has 0 spiro atoms. The summed E-state index contributed by atoms with van der Waals surface area (Å²) in [7, 11) is 0. The van der Waals surface area contributed by atoms with E-state index < -0.39 is 4.92 Å². The average Bonchev–Trinajstić information content (AvgIpc) is 2.17. The molecule has 0 radical (unpaired) electrons. The molecule has 0 aliphatic carbocycles. The molecule has 4 nitrogen and oxygen atoms in total. The van der Waals surface area contributed by atoms with Crippen molar-refractivity contribution < 1.29 is 9.66 Å². The van der Waals surface area contributed by atoms with Gasteiger partial charge in [0, 0.05) is 6.07 Å². The minimum atomic E-state index is -0.454. The van der Waals surface area contributed by atoms with Crippen LogP contribution in [0.25, 0.3) is 6.08 Å². The van der Waals surface area contributed by atoms with Crippen LogP contribution in [-0.4, -0.2) is 11.0 Å². The van der Waals surface area contributed by atoms with Crippen molar-refractivity contribution in [2.24, 2.45) is 0 Å². The van der Waals surface area contributed by atoms with Crippen LogP contribution < -0.4 is 4.74 Å². The number of ether oxygens (including phenoxy) is 1. The van der Waals surface area contributed by atoms with Crippen molar-refractivity contribution in [3.63, 3.8) is 0 Å². The Hall–Kier alpha value is -1.84. The van der Waals surface area contributed by atoms with Crippen molar-refractivity contribution in [3.05, 3.63) is 40.5 Å². The third-order valence-electron chi connectivity index (χ3n) is 1.78. The van der Waals surface area contributed by atoms with Crippen LogP contribution in [0.15, 0.2) is 24.8 Å². The van der Waals surface area contributed by atoms with Crippen LogP contribution in [0.1, 0.15) is 19.4 Å². The monoisotopic (exact) mass is 207 g/mol. The van der Waals surface area contributed by atoms with Gasteiger partial charge in [-0.1, -0.05) is 18.7 Å². The summed E-state index contributed by atoms with van der Waals surface area (Å²) >= 11 is 0. The summed E-state index contributed by atoms with van der Waals surface area (Å²) in [5.41, 5.74) is 0.680. The van der Waals surface area contributed by atoms with Gasteiger partial charge in [0.2, 0.25) is 0 Å². The van der Waals surface area contributed by atoms with E-state index in [1.165, 1.54) is 6.07 Å². The molecule has 0 aliphatic heterocycles. The first-order chi connectivity index (χ1) is 7.04. The van der Waals surface area contributed by atoms with E-state index in [0.717, 1.165) is 0 Å². The molecule has 0 atom stereocenters. The third-order valence-corrected chi connectivity index (χ3v) is 1.78. The molecule has 0 unspecified atom stereocenters. The van der Waals surface area contributed by atoms with E-state index in [-0.39, 0.29) is 11.8 Å². The standard InChI is InChI=1S/C11H13NO3/c1-4-9-5-6-11(15-8(2)3)10(7-9)12(13)14/h4-8H,1H2,2-3H3. The first-order valence-electron chi connectivity index (χ1n) is 4.62. The molecule has 0 heterocycles. The zero-order valence-electron chi connectivity index (χ0n) is 8.77.